The van der Waals surface area contributed by atoms with Crippen molar-refractivity contribution in [2.75, 3.05) is 5.75 Å². The van der Waals surface area contributed by atoms with E-state index in [2.05, 4.69) is 17.3 Å². The maximum absolute atomic E-state index is 13.1. The molecule has 0 bridgehead atoms. The van der Waals surface area contributed by atoms with Gasteiger partial charge in [0.25, 0.3) is 11.6 Å². The molecular formula is C22H23N5O3S. The third-order valence-electron chi connectivity index (χ3n) is 5.13. The van der Waals surface area contributed by atoms with E-state index in [1.54, 1.807) is 17.1 Å². The van der Waals surface area contributed by atoms with Crippen molar-refractivity contribution in [1.29, 1.82) is 0 Å². The van der Waals surface area contributed by atoms with Crippen molar-refractivity contribution < 1.29 is 9.72 Å². The Morgan fingerprint density at radius 3 is 2.81 bits per heavy atom. The van der Waals surface area contributed by atoms with Crippen LogP contribution in [0.5, 0.6) is 0 Å². The minimum Gasteiger partial charge on any atom is -0.298 e. The highest BCUT2D eigenvalue weighted by molar-refractivity contribution is 8.13. The number of hydrazone groups is 1. The first-order chi connectivity index (χ1) is 15.1. The van der Waals surface area contributed by atoms with E-state index in [0.717, 1.165) is 18.6 Å². The second kappa shape index (κ2) is 9.30. The molecule has 160 valence electrons. The topological polar surface area (TPSA) is 100 Å². The van der Waals surface area contributed by atoms with Crippen molar-refractivity contribution >= 4 is 34.2 Å². The molecule has 1 unspecified atom stereocenters. The Labute approximate surface area is 183 Å². The summed E-state index contributed by atoms with van der Waals surface area (Å²) in [5.41, 5.74) is 0.980. The molecule has 8 nitrogen and oxygen atoms in total. The van der Waals surface area contributed by atoms with Crippen molar-refractivity contribution in [2.24, 2.45) is 10.1 Å². The number of unbranched alkanes of at least 4 members (excludes halogenated alkanes) is 3. The van der Waals surface area contributed by atoms with E-state index in [1.807, 2.05) is 24.3 Å². The maximum Gasteiger partial charge on any atom is 0.276 e. The second-order valence-electron chi connectivity index (χ2n) is 7.33. The lowest BCUT2D eigenvalue weighted by Crippen LogP contribution is -2.50. The Balaban J connectivity index is 1.73. The van der Waals surface area contributed by atoms with Crippen LogP contribution in [0.25, 0.3) is 5.70 Å². The van der Waals surface area contributed by atoms with Crippen LogP contribution in [0.1, 0.15) is 44.3 Å². The van der Waals surface area contributed by atoms with Gasteiger partial charge in [-0.15, -0.1) is 5.10 Å². The standard InChI is InChI=1S/C22H23N5O3S/c1-2-3-4-7-13-31-22-24-21(28)19-17-11-5-6-12-18(17)23-20(26(19)25-22)15-9-8-10-16(14-15)27(29)30/h5-6,8-12,14,20H,2-4,7,13H2,1H3,(H,24,25,28). The van der Waals surface area contributed by atoms with Gasteiger partial charge in [0.2, 0.25) is 0 Å². The number of hydrogen-bond donors (Lipinski definition) is 1. The lowest BCUT2D eigenvalue weighted by molar-refractivity contribution is -0.384. The maximum atomic E-state index is 13.1. The summed E-state index contributed by atoms with van der Waals surface area (Å²) in [6.45, 7) is 2.17. The van der Waals surface area contributed by atoms with E-state index >= 15 is 0 Å². The number of benzene rings is 2. The van der Waals surface area contributed by atoms with E-state index in [4.69, 9.17) is 4.99 Å². The lowest BCUT2D eigenvalue weighted by Gasteiger charge is -2.34. The van der Waals surface area contributed by atoms with Gasteiger partial charge in [0.1, 0.15) is 5.70 Å². The average molecular weight is 438 g/mol. The normalized spacial score (nSPS) is 17.3. The van der Waals surface area contributed by atoms with Gasteiger partial charge in [-0.05, 0) is 12.5 Å². The fourth-order valence-corrected chi connectivity index (χ4v) is 4.46. The van der Waals surface area contributed by atoms with Crippen LogP contribution in [0.4, 0.5) is 5.69 Å². The van der Waals surface area contributed by atoms with Crippen LogP contribution in [0.2, 0.25) is 0 Å². The van der Waals surface area contributed by atoms with Gasteiger partial charge in [-0.3, -0.25) is 25.2 Å². The van der Waals surface area contributed by atoms with Crippen LogP contribution in [-0.2, 0) is 4.79 Å². The molecule has 2 aromatic carbocycles. The van der Waals surface area contributed by atoms with E-state index in [-0.39, 0.29) is 11.6 Å². The number of para-hydroxylation sites is 1. The molecule has 0 aliphatic carbocycles. The molecule has 9 heteroatoms. The van der Waals surface area contributed by atoms with Gasteiger partial charge >= 0.3 is 0 Å². The summed E-state index contributed by atoms with van der Waals surface area (Å²) in [5.74, 6) is 0.612. The molecule has 1 amide bonds. The minimum absolute atomic E-state index is 0.0240. The number of nitrogens with one attached hydrogen (secondary N) is 1. The molecule has 0 radical (unpaired) electrons. The second-order valence-corrected chi connectivity index (χ2v) is 8.42. The third-order valence-corrected chi connectivity index (χ3v) is 6.08. The lowest BCUT2D eigenvalue weighted by atomic mass is 10.1. The van der Waals surface area contributed by atoms with Gasteiger partial charge in [0, 0.05) is 28.7 Å². The highest BCUT2D eigenvalue weighted by Gasteiger charge is 2.34. The average Bonchev–Trinajstić information content (AvgIpc) is 2.78. The third kappa shape index (κ3) is 4.46. The minimum atomic E-state index is -0.661. The fraction of sp³-hybridized carbons (Fsp3) is 0.318. The molecule has 2 aliphatic rings. The molecule has 0 fully saturated rings. The van der Waals surface area contributed by atoms with Crippen molar-refractivity contribution in [3.63, 3.8) is 0 Å². The van der Waals surface area contributed by atoms with Crippen LogP contribution in [0.3, 0.4) is 0 Å². The van der Waals surface area contributed by atoms with E-state index < -0.39 is 11.1 Å². The van der Waals surface area contributed by atoms with Crippen LogP contribution < -0.4 is 15.9 Å². The van der Waals surface area contributed by atoms with Crippen molar-refractivity contribution in [2.45, 2.75) is 38.8 Å². The predicted molar refractivity (Wildman–Crippen MR) is 120 cm³/mol. The number of hydrogen-bond acceptors (Lipinski definition) is 7. The summed E-state index contributed by atoms with van der Waals surface area (Å²) in [6, 6.07) is 13.7. The number of rotatable bonds is 7. The highest BCUT2D eigenvalue weighted by Crippen LogP contribution is 2.32. The Hall–Kier alpha value is -3.20. The molecule has 2 heterocycles. The Kier molecular flexibility index (Phi) is 6.31. The molecule has 0 saturated carbocycles. The smallest absolute Gasteiger partial charge is 0.276 e. The summed E-state index contributed by atoms with van der Waals surface area (Å²) in [4.78, 5) is 28.7. The molecule has 4 rings (SSSR count). The van der Waals surface area contributed by atoms with Gasteiger partial charge in [-0.2, -0.15) is 0 Å². The monoisotopic (exact) mass is 437 g/mol. The molecule has 1 atom stereocenters. The number of amidine groups is 1. The summed E-state index contributed by atoms with van der Waals surface area (Å²) < 4.78 is 0. The van der Waals surface area contributed by atoms with E-state index in [0.29, 0.717) is 27.0 Å². The summed E-state index contributed by atoms with van der Waals surface area (Å²) >= 11 is 1.51. The van der Waals surface area contributed by atoms with Crippen LogP contribution in [0.15, 0.2) is 58.6 Å². The van der Waals surface area contributed by atoms with Crippen molar-refractivity contribution in [3.8, 4) is 0 Å². The van der Waals surface area contributed by atoms with E-state index in [9.17, 15) is 14.9 Å². The molecule has 0 spiro atoms. The number of nitro groups is 1. The Bertz CT molecular complexity index is 1160. The van der Waals surface area contributed by atoms with Crippen molar-refractivity contribution in [1.82, 2.24) is 10.3 Å². The van der Waals surface area contributed by atoms with Crippen LogP contribution >= 0.6 is 11.8 Å². The van der Waals surface area contributed by atoms with Crippen molar-refractivity contribution in [3.05, 3.63) is 74.8 Å². The van der Waals surface area contributed by atoms with Crippen LogP contribution in [-0.4, -0.2) is 26.8 Å². The Morgan fingerprint density at radius 2 is 2.00 bits per heavy atom. The van der Waals surface area contributed by atoms with Gasteiger partial charge in [0.15, 0.2) is 11.3 Å². The van der Waals surface area contributed by atoms with Gasteiger partial charge in [0.05, 0.1) is 10.3 Å². The first-order valence-electron chi connectivity index (χ1n) is 10.3. The van der Waals surface area contributed by atoms with Crippen LogP contribution in [0, 0.1) is 10.1 Å². The largest absolute Gasteiger partial charge is 0.298 e. The summed E-state index contributed by atoms with van der Waals surface area (Å²) in [7, 11) is 0. The highest BCUT2D eigenvalue weighted by atomic mass is 32.2. The zero-order chi connectivity index (χ0) is 21.8. The number of amides is 1. The zero-order valence-corrected chi connectivity index (χ0v) is 18.0. The molecule has 1 N–H and O–H groups in total. The number of carbonyl (C=O) groups is 1. The molecular weight excluding hydrogens is 414 g/mol. The fourth-order valence-electron chi connectivity index (χ4n) is 3.61. The molecule has 2 aromatic rings. The number of carbonyl (C=O) groups excluding carboxylic acids is 1. The van der Waals surface area contributed by atoms with Gasteiger partial charge in [-0.25, -0.2) is 5.01 Å². The molecule has 2 aliphatic heterocycles. The number of non-ortho nitro benzene ring substituents is 1. The first-order valence-corrected chi connectivity index (χ1v) is 11.3. The summed E-state index contributed by atoms with van der Waals surface area (Å²) in [5, 5.41) is 22.3. The zero-order valence-electron chi connectivity index (χ0n) is 17.2. The first kappa shape index (κ1) is 21.0. The number of nitro benzene ring substituents is 1. The Morgan fingerprint density at radius 1 is 1.16 bits per heavy atom. The molecule has 31 heavy (non-hydrogen) atoms. The molecule has 0 aromatic heterocycles. The number of nitrogens with zero attached hydrogens (tertiary/aromatic N) is 4. The summed E-state index contributed by atoms with van der Waals surface area (Å²) in [6.07, 6.45) is 3.89. The van der Waals surface area contributed by atoms with E-state index in [1.165, 1.54) is 36.7 Å². The SMILES string of the molecule is CCCCCCSC1=NN2C(=c3ccccc3=NC2c2cccc([N+](=O)[O-])c2)C(=O)N1. The molecule has 0 saturated heterocycles. The quantitative estimate of drug-likeness (QED) is 0.408. The number of fused-ring (bicyclic) bond motifs is 2. The predicted octanol–water partition coefficient (Wildman–Crippen LogP) is 3.05. The van der Waals surface area contributed by atoms with Gasteiger partial charge in [-0.1, -0.05) is 68.3 Å². The van der Waals surface area contributed by atoms with Gasteiger partial charge < -0.3 is 0 Å². The number of thioether (sulfide) groups is 1.